The van der Waals surface area contributed by atoms with Crippen molar-refractivity contribution in [3.63, 3.8) is 0 Å². The van der Waals surface area contributed by atoms with Gasteiger partial charge < -0.3 is 10.1 Å². The topological polar surface area (TPSA) is 21.3 Å². The van der Waals surface area contributed by atoms with Crippen LogP contribution < -0.4 is 5.32 Å². The Kier molecular flexibility index (Phi) is 3.79. The van der Waals surface area contributed by atoms with Gasteiger partial charge >= 0.3 is 0 Å². The third kappa shape index (κ3) is 2.67. The Morgan fingerprint density at radius 3 is 2.76 bits per heavy atom. The van der Waals surface area contributed by atoms with Crippen LogP contribution in [0.15, 0.2) is 18.2 Å². The van der Waals surface area contributed by atoms with Gasteiger partial charge in [0.15, 0.2) is 0 Å². The van der Waals surface area contributed by atoms with Gasteiger partial charge in [0.25, 0.3) is 0 Å². The fourth-order valence-corrected chi connectivity index (χ4v) is 2.62. The molecule has 3 unspecified atom stereocenters. The number of nitrogens with one attached hydrogen (secondary N) is 1. The Bertz CT molecular complexity index is 394. The van der Waals surface area contributed by atoms with Gasteiger partial charge in [-0.15, -0.1) is 0 Å². The van der Waals surface area contributed by atoms with Crippen LogP contribution in [0.2, 0.25) is 0 Å². The van der Waals surface area contributed by atoms with Gasteiger partial charge in [0.05, 0.1) is 12.7 Å². The van der Waals surface area contributed by atoms with Gasteiger partial charge in [-0.1, -0.05) is 12.1 Å². The first kappa shape index (κ1) is 12.5. The summed E-state index contributed by atoms with van der Waals surface area (Å²) >= 11 is 0. The minimum Gasteiger partial charge on any atom is -0.378 e. The smallest absolute Gasteiger partial charge is 0.126 e. The predicted molar refractivity (Wildman–Crippen MR) is 66.5 cm³/mol. The van der Waals surface area contributed by atoms with Gasteiger partial charge in [-0.2, -0.15) is 0 Å². The molecule has 2 rings (SSSR count). The molecule has 1 aromatic carbocycles. The van der Waals surface area contributed by atoms with Gasteiger partial charge in [-0.05, 0) is 44.5 Å². The van der Waals surface area contributed by atoms with Crippen molar-refractivity contribution in [2.24, 2.45) is 5.92 Å². The van der Waals surface area contributed by atoms with Crippen molar-refractivity contribution in [3.8, 4) is 0 Å². The molecule has 0 aromatic heterocycles. The average Bonchev–Trinajstić information content (AvgIpc) is 2.71. The minimum atomic E-state index is -0.139. The lowest BCUT2D eigenvalue weighted by molar-refractivity contribution is 0.117. The molecule has 0 aliphatic carbocycles. The van der Waals surface area contributed by atoms with Crippen LogP contribution in [0, 0.1) is 18.7 Å². The summed E-state index contributed by atoms with van der Waals surface area (Å²) in [7, 11) is 1.95. The largest absolute Gasteiger partial charge is 0.378 e. The maximum Gasteiger partial charge on any atom is 0.126 e. The molecular formula is C14H20FNO. The van der Waals surface area contributed by atoms with Crippen LogP contribution in [-0.2, 0) is 4.74 Å². The third-order valence-corrected chi connectivity index (χ3v) is 3.55. The second-order valence-corrected chi connectivity index (χ2v) is 4.91. The van der Waals surface area contributed by atoms with E-state index in [9.17, 15) is 4.39 Å². The van der Waals surface area contributed by atoms with E-state index in [1.54, 1.807) is 13.0 Å². The van der Waals surface area contributed by atoms with E-state index in [1.165, 1.54) is 0 Å². The highest BCUT2D eigenvalue weighted by Gasteiger charge is 2.29. The van der Waals surface area contributed by atoms with Crippen LogP contribution in [0.4, 0.5) is 4.39 Å². The zero-order valence-corrected chi connectivity index (χ0v) is 10.7. The molecule has 2 nitrogen and oxygen atoms in total. The fraction of sp³-hybridized carbons (Fsp3) is 0.571. The number of ether oxygens (including phenoxy) is 1. The summed E-state index contributed by atoms with van der Waals surface area (Å²) in [4.78, 5) is 0. The second kappa shape index (κ2) is 5.15. The molecule has 17 heavy (non-hydrogen) atoms. The minimum absolute atomic E-state index is 0.139. The number of halogens is 1. The van der Waals surface area contributed by atoms with E-state index < -0.39 is 0 Å². The summed E-state index contributed by atoms with van der Waals surface area (Å²) in [6, 6.07) is 5.60. The fourth-order valence-electron chi connectivity index (χ4n) is 2.62. The summed E-state index contributed by atoms with van der Waals surface area (Å²) in [5.74, 6) is 0.333. The maximum absolute atomic E-state index is 13.3. The quantitative estimate of drug-likeness (QED) is 0.872. The van der Waals surface area contributed by atoms with E-state index in [1.807, 2.05) is 19.2 Å². The predicted octanol–water partition coefficient (Wildman–Crippen LogP) is 2.82. The van der Waals surface area contributed by atoms with E-state index in [0.717, 1.165) is 18.6 Å². The normalized spacial score (nSPS) is 26.1. The number of hydrogen-bond donors (Lipinski definition) is 1. The lowest BCUT2D eigenvalue weighted by Gasteiger charge is -2.23. The highest BCUT2D eigenvalue weighted by molar-refractivity contribution is 5.27. The van der Waals surface area contributed by atoms with Crippen LogP contribution in [0.3, 0.4) is 0 Å². The Morgan fingerprint density at radius 2 is 2.24 bits per heavy atom. The number of aryl methyl sites for hydroxylation is 1. The van der Waals surface area contributed by atoms with Gasteiger partial charge in [0.1, 0.15) is 5.82 Å². The van der Waals surface area contributed by atoms with Crippen LogP contribution >= 0.6 is 0 Å². The van der Waals surface area contributed by atoms with Crippen molar-refractivity contribution in [2.45, 2.75) is 32.4 Å². The van der Waals surface area contributed by atoms with Crippen LogP contribution in [-0.4, -0.2) is 19.8 Å². The van der Waals surface area contributed by atoms with E-state index in [-0.39, 0.29) is 11.9 Å². The first-order valence-electron chi connectivity index (χ1n) is 6.16. The molecule has 1 fully saturated rings. The molecule has 0 spiro atoms. The summed E-state index contributed by atoms with van der Waals surface area (Å²) < 4.78 is 18.9. The second-order valence-electron chi connectivity index (χ2n) is 4.91. The molecule has 3 heteroatoms. The van der Waals surface area contributed by atoms with Crippen molar-refractivity contribution in [1.29, 1.82) is 0 Å². The molecule has 0 radical (unpaired) electrons. The summed E-state index contributed by atoms with van der Waals surface area (Å²) in [6.07, 6.45) is 1.39. The van der Waals surface area contributed by atoms with Crippen molar-refractivity contribution in [1.82, 2.24) is 5.32 Å². The highest BCUT2D eigenvalue weighted by Crippen LogP contribution is 2.32. The Morgan fingerprint density at radius 1 is 1.47 bits per heavy atom. The number of hydrogen-bond acceptors (Lipinski definition) is 2. The number of rotatable bonds is 3. The molecule has 0 amide bonds. The van der Waals surface area contributed by atoms with E-state index in [0.29, 0.717) is 17.6 Å². The molecule has 1 heterocycles. The van der Waals surface area contributed by atoms with Gasteiger partial charge in [0, 0.05) is 12.0 Å². The molecular weight excluding hydrogens is 217 g/mol. The Balaban J connectivity index is 2.20. The molecule has 1 saturated heterocycles. The molecule has 1 aliphatic rings. The molecule has 0 bridgehead atoms. The molecule has 1 aromatic rings. The van der Waals surface area contributed by atoms with Crippen molar-refractivity contribution >= 4 is 0 Å². The van der Waals surface area contributed by atoms with Gasteiger partial charge in [0.2, 0.25) is 0 Å². The van der Waals surface area contributed by atoms with Gasteiger partial charge in [-0.25, -0.2) is 4.39 Å². The van der Waals surface area contributed by atoms with Gasteiger partial charge in [-0.3, -0.25) is 0 Å². The standard InChI is InChI=1S/C14H20FNO/c1-9-6-11(4-5-13(9)15)14(16-3)12-7-10(2)17-8-12/h4-6,10,12,14,16H,7-8H2,1-3H3. The molecule has 0 saturated carbocycles. The van der Waals surface area contributed by atoms with Crippen molar-refractivity contribution in [2.75, 3.05) is 13.7 Å². The Labute approximate surface area is 102 Å². The molecule has 94 valence electrons. The van der Waals surface area contributed by atoms with Crippen molar-refractivity contribution < 1.29 is 9.13 Å². The van der Waals surface area contributed by atoms with E-state index in [4.69, 9.17) is 4.74 Å². The highest BCUT2D eigenvalue weighted by atomic mass is 19.1. The third-order valence-electron chi connectivity index (χ3n) is 3.55. The first-order valence-corrected chi connectivity index (χ1v) is 6.16. The van der Waals surface area contributed by atoms with Crippen LogP contribution in [0.1, 0.15) is 30.5 Å². The average molecular weight is 237 g/mol. The lowest BCUT2D eigenvalue weighted by Crippen LogP contribution is -2.25. The van der Waals surface area contributed by atoms with E-state index in [2.05, 4.69) is 12.2 Å². The zero-order valence-electron chi connectivity index (χ0n) is 10.7. The zero-order chi connectivity index (χ0) is 12.4. The maximum atomic E-state index is 13.3. The monoisotopic (exact) mass is 237 g/mol. The number of benzene rings is 1. The summed E-state index contributed by atoms with van der Waals surface area (Å²) in [6.45, 7) is 4.69. The molecule has 3 atom stereocenters. The lowest BCUT2D eigenvalue weighted by atomic mass is 9.90. The summed E-state index contributed by atoms with van der Waals surface area (Å²) in [5, 5.41) is 3.33. The van der Waals surface area contributed by atoms with Crippen molar-refractivity contribution in [3.05, 3.63) is 35.1 Å². The summed E-state index contributed by atoms with van der Waals surface area (Å²) in [5.41, 5.74) is 1.85. The molecule has 1 N–H and O–H groups in total. The molecule has 1 aliphatic heterocycles. The van der Waals surface area contributed by atoms with Crippen LogP contribution in [0.25, 0.3) is 0 Å². The SMILES string of the molecule is CNC(c1ccc(F)c(C)c1)C1COC(C)C1. The Hall–Kier alpha value is -0.930. The van der Waals surface area contributed by atoms with Crippen LogP contribution in [0.5, 0.6) is 0 Å². The van der Waals surface area contributed by atoms with E-state index >= 15 is 0 Å². The first-order chi connectivity index (χ1) is 8.11.